The van der Waals surface area contributed by atoms with Crippen LogP contribution in [0.2, 0.25) is 0 Å². The number of ether oxygens (including phenoxy) is 1. The van der Waals surface area contributed by atoms with Crippen LogP contribution in [0.4, 0.5) is 0 Å². The summed E-state index contributed by atoms with van der Waals surface area (Å²) in [5, 5.41) is 0. The van der Waals surface area contributed by atoms with Crippen molar-refractivity contribution in [1.29, 1.82) is 0 Å². The fourth-order valence-corrected chi connectivity index (χ4v) is 1.90. The number of rotatable bonds is 6. The van der Waals surface area contributed by atoms with Gasteiger partial charge in [-0.2, -0.15) is 0 Å². The molecule has 0 spiro atoms. The predicted molar refractivity (Wildman–Crippen MR) is 85.1 cm³/mol. The minimum Gasteiger partial charge on any atom is -0.489 e. The van der Waals surface area contributed by atoms with Crippen LogP contribution in [0.1, 0.15) is 23.6 Å². The van der Waals surface area contributed by atoms with E-state index in [9.17, 15) is 0 Å². The highest BCUT2D eigenvalue weighted by Gasteiger charge is 2.04. The molecule has 0 unspecified atom stereocenters. The van der Waals surface area contributed by atoms with Crippen LogP contribution in [-0.2, 0) is 6.61 Å². The Bertz CT molecular complexity index is 488. The lowest BCUT2D eigenvalue weighted by molar-refractivity contribution is 0.306. The summed E-state index contributed by atoms with van der Waals surface area (Å²) in [5.41, 5.74) is 13.8. The molecule has 0 aliphatic rings. The summed E-state index contributed by atoms with van der Waals surface area (Å²) in [5.74, 6) is 0.854. The SMILES string of the molecule is Cl.NCC[C@@H](N)c1ccc(OCc2ccccc2)cc1. The van der Waals surface area contributed by atoms with Crippen LogP contribution in [0.15, 0.2) is 54.6 Å². The Morgan fingerprint density at radius 1 is 0.950 bits per heavy atom. The summed E-state index contributed by atoms with van der Waals surface area (Å²) in [6.07, 6.45) is 0.796. The first kappa shape index (κ1) is 16.5. The summed E-state index contributed by atoms with van der Waals surface area (Å²) >= 11 is 0. The molecule has 4 N–H and O–H groups in total. The normalized spacial score (nSPS) is 11.5. The molecule has 0 saturated carbocycles. The van der Waals surface area contributed by atoms with Gasteiger partial charge in [-0.25, -0.2) is 0 Å². The standard InChI is InChI=1S/C16H20N2O.ClH/c17-11-10-16(18)14-6-8-15(9-7-14)19-12-13-4-2-1-3-5-13;/h1-9,16H,10-12,17-18H2;1H/t16-;/m1./s1. The van der Waals surface area contributed by atoms with E-state index in [-0.39, 0.29) is 18.4 Å². The highest BCUT2D eigenvalue weighted by molar-refractivity contribution is 5.85. The van der Waals surface area contributed by atoms with Gasteiger partial charge in [0.1, 0.15) is 12.4 Å². The van der Waals surface area contributed by atoms with Crippen LogP contribution in [0.5, 0.6) is 5.75 Å². The van der Waals surface area contributed by atoms with Gasteiger partial charge >= 0.3 is 0 Å². The second kappa shape index (κ2) is 8.59. The monoisotopic (exact) mass is 292 g/mol. The van der Waals surface area contributed by atoms with Gasteiger partial charge < -0.3 is 16.2 Å². The summed E-state index contributed by atoms with van der Waals surface area (Å²) < 4.78 is 5.72. The molecule has 4 heteroatoms. The zero-order valence-electron chi connectivity index (χ0n) is 11.4. The second-order valence-electron chi connectivity index (χ2n) is 4.53. The van der Waals surface area contributed by atoms with Crippen molar-refractivity contribution in [2.75, 3.05) is 6.54 Å². The molecule has 0 bridgehead atoms. The zero-order valence-corrected chi connectivity index (χ0v) is 12.2. The maximum atomic E-state index is 6.00. The summed E-state index contributed by atoms with van der Waals surface area (Å²) in [6, 6.07) is 18.0. The predicted octanol–water partition coefficient (Wildman–Crippen LogP) is 3.04. The van der Waals surface area contributed by atoms with E-state index in [1.807, 2.05) is 54.6 Å². The van der Waals surface area contributed by atoms with Gasteiger partial charge in [-0.15, -0.1) is 12.4 Å². The first-order chi connectivity index (χ1) is 9.29. The van der Waals surface area contributed by atoms with Gasteiger partial charge in [0.15, 0.2) is 0 Å². The van der Waals surface area contributed by atoms with Crippen molar-refractivity contribution in [3.8, 4) is 5.75 Å². The Kier molecular flexibility index (Phi) is 7.09. The molecule has 0 amide bonds. The summed E-state index contributed by atoms with van der Waals surface area (Å²) in [4.78, 5) is 0. The second-order valence-corrected chi connectivity index (χ2v) is 4.53. The molecule has 0 aliphatic carbocycles. The third-order valence-electron chi connectivity index (χ3n) is 3.03. The Morgan fingerprint density at radius 2 is 1.60 bits per heavy atom. The molecule has 2 rings (SSSR count). The van der Waals surface area contributed by atoms with Gasteiger partial charge in [0, 0.05) is 6.04 Å². The fraction of sp³-hybridized carbons (Fsp3) is 0.250. The Morgan fingerprint density at radius 3 is 2.20 bits per heavy atom. The van der Waals surface area contributed by atoms with Gasteiger partial charge in [0.05, 0.1) is 0 Å². The maximum Gasteiger partial charge on any atom is 0.119 e. The van der Waals surface area contributed by atoms with Crippen LogP contribution < -0.4 is 16.2 Å². The fourth-order valence-electron chi connectivity index (χ4n) is 1.90. The number of benzene rings is 2. The van der Waals surface area contributed by atoms with E-state index >= 15 is 0 Å². The molecule has 0 fully saturated rings. The number of halogens is 1. The molecule has 0 aliphatic heterocycles. The van der Waals surface area contributed by atoms with Gasteiger partial charge in [0.25, 0.3) is 0 Å². The average Bonchev–Trinajstić information content (AvgIpc) is 2.47. The smallest absolute Gasteiger partial charge is 0.119 e. The molecule has 108 valence electrons. The van der Waals surface area contributed by atoms with E-state index in [0.717, 1.165) is 23.3 Å². The lowest BCUT2D eigenvalue weighted by Gasteiger charge is -2.12. The van der Waals surface area contributed by atoms with Gasteiger partial charge in [-0.3, -0.25) is 0 Å². The Hall–Kier alpha value is -1.55. The van der Waals surface area contributed by atoms with E-state index in [4.69, 9.17) is 16.2 Å². The van der Waals surface area contributed by atoms with Gasteiger partial charge in [-0.05, 0) is 36.2 Å². The van der Waals surface area contributed by atoms with Crippen molar-refractivity contribution < 1.29 is 4.74 Å². The van der Waals surface area contributed by atoms with Crippen molar-refractivity contribution in [1.82, 2.24) is 0 Å². The molecule has 2 aromatic rings. The van der Waals surface area contributed by atoms with Crippen LogP contribution >= 0.6 is 12.4 Å². The third-order valence-corrected chi connectivity index (χ3v) is 3.03. The maximum absolute atomic E-state index is 6.00. The van der Waals surface area contributed by atoms with Crippen molar-refractivity contribution >= 4 is 12.4 Å². The molecule has 0 aromatic heterocycles. The summed E-state index contributed by atoms with van der Waals surface area (Å²) in [6.45, 7) is 1.18. The van der Waals surface area contributed by atoms with E-state index in [1.54, 1.807) is 0 Å². The quantitative estimate of drug-likeness (QED) is 0.860. The minimum absolute atomic E-state index is 0. The average molecular weight is 293 g/mol. The van der Waals surface area contributed by atoms with Crippen molar-refractivity contribution in [2.24, 2.45) is 11.5 Å². The molecule has 0 saturated heterocycles. The molecule has 0 radical (unpaired) electrons. The van der Waals surface area contributed by atoms with Gasteiger partial charge in [0.2, 0.25) is 0 Å². The number of hydrogen-bond donors (Lipinski definition) is 2. The lowest BCUT2D eigenvalue weighted by Crippen LogP contribution is -2.15. The summed E-state index contributed by atoms with van der Waals surface area (Å²) in [7, 11) is 0. The molecular weight excluding hydrogens is 272 g/mol. The molecule has 2 aromatic carbocycles. The van der Waals surface area contributed by atoms with Crippen LogP contribution in [0.3, 0.4) is 0 Å². The number of nitrogens with two attached hydrogens (primary N) is 2. The van der Waals surface area contributed by atoms with E-state index in [2.05, 4.69) is 0 Å². The first-order valence-electron chi connectivity index (χ1n) is 6.52. The van der Waals surface area contributed by atoms with Crippen molar-refractivity contribution in [2.45, 2.75) is 19.1 Å². The Labute approximate surface area is 126 Å². The topological polar surface area (TPSA) is 61.3 Å². The highest BCUT2D eigenvalue weighted by atomic mass is 35.5. The molecule has 1 atom stereocenters. The van der Waals surface area contributed by atoms with Crippen molar-refractivity contribution in [3.05, 3.63) is 65.7 Å². The minimum atomic E-state index is 0. The Balaban J connectivity index is 0.00000200. The van der Waals surface area contributed by atoms with E-state index in [1.165, 1.54) is 0 Å². The van der Waals surface area contributed by atoms with Crippen molar-refractivity contribution in [3.63, 3.8) is 0 Å². The zero-order chi connectivity index (χ0) is 13.5. The van der Waals surface area contributed by atoms with Crippen LogP contribution in [-0.4, -0.2) is 6.54 Å². The highest BCUT2D eigenvalue weighted by Crippen LogP contribution is 2.19. The third kappa shape index (κ3) is 4.85. The largest absolute Gasteiger partial charge is 0.489 e. The molecule has 3 nitrogen and oxygen atoms in total. The van der Waals surface area contributed by atoms with Crippen LogP contribution in [0, 0.1) is 0 Å². The first-order valence-corrected chi connectivity index (χ1v) is 6.52. The number of hydrogen-bond acceptors (Lipinski definition) is 3. The molecular formula is C16H21ClN2O. The lowest BCUT2D eigenvalue weighted by atomic mass is 10.0. The van der Waals surface area contributed by atoms with E-state index in [0.29, 0.717) is 13.2 Å². The van der Waals surface area contributed by atoms with E-state index < -0.39 is 0 Å². The van der Waals surface area contributed by atoms with Crippen LogP contribution in [0.25, 0.3) is 0 Å². The van der Waals surface area contributed by atoms with Gasteiger partial charge in [-0.1, -0.05) is 42.5 Å². The molecule has 0 heterocycles. The molecule has 20 heavy (non-hydrogen) atoms.